The van der Waals surface area contributed by atoms with Gasteiger partial charge in [-0.1, -0.05) is 17.7 Å². The Hall–Kier alpha value is -1.88. The van der Waals surface area contributed by atoms with E-state index >= 15 is 0 Å². The number of nitrogens with zero attached hydrogens (tertiary/aromatic N) is 1. The van der Waals surface area contributed by atoms with Gasteiger partial charge in [0.15, 0.2) is 14.9 Å². The van der Waals surface area contributed by atoms with E-state index in [1.165, 1.54) is 28.3 Å². The van der Waals surface area contributed by atoms with Crippen LogP contribution >= 0.6 is 0 Å². The highest BCUT2D eigenvalue weighted by Crippen LogP contribution is 2.18. The van der Waals surface area contributed by atoms with Crippen molar-refractivity contribution in [1.82, 2.24) is 4.98 Å². The number of hydrogen-bond acceptors (Lipinski definition) is 4. The van der Waals surface area contributed by atoms with Gasteiger partial charge in [0.25, 0.3) is 0 Å². The minimum Gasteiger partial charge on any atom is -0.380 e. The molecule has 0 atom stereocenters. The highest BCUT2D eigenvalue weighted by Gasteiger charge is 2.08. The number of nitrogens with one attached hydrogen (secondary N) is 1. The third-order valence-electron chi connectivity index (χ3n) is 3.43. The summed E-state index contributed by atoms with van der Waals surface area (Å²) in [6, 6.07) is 7.58. The monoisotopic (exact) mass is 304 g/mol. The van der Waals surface area contributed by atoms with Crippen LogP contribution in [0.3, 0.4) is 0 Å². The van der Waals surface area contributed by atoms with Crippen LogP contribution in [0.4, 0.5) is 5.69 Å². The topological polar surface area (TPSA) is 59.1 Å². The zero-order valence-corrected chi connectivity index (χ0v) is 13.6. The second kappa shape index (κ2) is 5.85. The first-order valence-corrected chi connectivity index (χ1v) is 8.63. The zero-order valence-electron chi connectivity index (χ0n) is 12.8. The van der Waals surface area contributed by atoms with Crippen LogP contribution in [0, 0.1) is 20.8 Å². The molecule has 0 amide bonds. The molecule has 2 aromatic rings. The molecule has 0 aliphatic rings. The van der Waals surface area contributed by atoms with Crippen molar-refractivity contribution in [3.8, 4) is 0 Å². The van der Waals surface area contributed by atoms with E-state index in [2.05, 4.69) is 43.2 Å². The fourth-order valence-electron chi connectivity index (χ4n) is 2.38. The van der Waals surface area contributed by atoms with Crippen molar-refractivity contribution < 1.29 is 8.42 Å². The molecule has 0 spiro atoms. The minimum absolute atomic E-state index is 0.0933. The van der Waals surface area contributed by atoms with E-state index in [-0.39, 0.29) is 5.03 Å². The number of rotatable bonds is 4. The van der Waals surface area contributed by atoms with Gasteiger partial charge >= 0.3 is 0 Å². The maximum absolute atomic E-state index is 11.4. The lowest BCUT2D eigenvalue weighted by atomic mass is 10.00. The predicted molar refractivity (Wildman–Crippen MR) is 85.3 cm³/mol. The van der Waals surface area contributed by atoms with Gasteiger partial charge in [-0.2, -0.15) is 0 Å². The van der Waals surface area contributed by atoms with E-state index in [1.807, 2.05) is 0 Å². The number of sulfone groups is 1. The molecule has 1 aromatic heterocycles. The Morgan fingerprint density at radius 3 is 2.19 bits per heavy atom. The summed E-state index contributed by atoms with van der Waals surface area (Å²) in [4.78, 5) is 3.97. The summed E-state index contributed by atoms with van der Waals surface area (Å²) >= 11 is 0. The summed E-state index contributed by atoms with van der Waals surface area (Å²) in [6.45, 7) is 6.98. The molecule has 0 radical (unpaired) electrons. The molecule has 112 valence electrons. The molecule has 0 aliphatic heterocycles. The highest BCUT2D eigenvalue weighted by atomic mass is 32.2. The van der Waals surface area contributed by atoms with Gasteiger partial charge in [0.05, 0.1) is 11.9 Å². The molecule has 0 fully saturated rings. The first-order chi connectivity index (χ1) is 9.77. The lowest BCUT2D eigenvalue weighted by Gasteiger charge is -2.13. The van der Waals surface area contributed by atoms with Gasteiger partial charge in [0.2, 0.25) is 0 Å². The molecule has 2 rings (SSSR count). The zero-order chi connectivity index (χ0) is 15.6. The second-order valence-electron chi connectivity index (χ2n) is 5.39. The molecular weight excluding hydrogens is 284 g/mol. The van der Waals surface area contributed by atoms with E-state index < -0.39 is 9.84 Å². The summed E-state index contributed by atoms with van der Waals surface area (Å²) in [5.74, 6) is 0. The van der Waals surface area contributed by atoms with Crippen molar-refractivity contribution in [3.63, 3.8) is 0 Å². The number of anilines is 1. The Kier molecular flexibility index (Phi) is 4.32. The molecule has 1 N–H and O–H groups in total. The van der Waals surface area contributed by atoms with Gasteiger partial charge in [-0.15, -0.1) is 0 Å². The van der Waals surface area contributed by atoms with Crippen LogP contribution in [-0.4, -0.2) is 19.7 Å². The van der Waals surface area contributed by atoms with Gasteiger partial charge in [0.1, 0.15) is 0 Å². The van der Waals surface area contributed by atoms with Crippen LogP contribution in [0.5, 0.6) is 0 Å². The van der Waals surface area contributed by atoms with Crippen LogP contribution in [0.15, 0.2) is 35.5 Å². The lowest BCUT2D eigenvalue weighted by Crippen LogP contribution is -2.05. The van der Waals surface area contributed by atoms with E-state index in [4.69, 9.17) is 0 Å². The molecule has 1 heterocycles. The summed E-state index contributed by atoms with van der Waals surface area (Å²) in [5, 5.41) is 3.38. The maximum Gasteiger partial charge on any atom is 0.192 e. The number of aromatic nitrogens is 1. The summed E-state index contributed by atoms with van der Waals surface area (Å²) in [5.41, 5.74) is 5.82. The van der Waals surface area contributed by atoms with Gasteiger partial charge in [-0.25, -0.2) is 13.4 Å². The van der Waals surface area contributed by atoms with Gasteiger partial charge in [-0.3, -0.25) is 0 Å². The molecule has 1 aromatic carbocycles. The van der Waals surface area contributed by atoms with Gasteiger partial charge in [0, 0.05) is 12.8 Å². The Labute approximate surface area is 126 Å². The molecule has 4 nitrogen and oxygen atoms in total. The summed E-state index contributed by atoms with van der Waals surface area (Å²) in [7, 11) is -3.24. The molecule has 0 bridgehead atoms. The molecular formula is C16H20N2O2S. The number of benzene rings is 1. The van der Waals surface area contributed by atoms with E-state index in [0.717, 1.165) is 11.9 Å². The largest absolute Gasteiger partial charge is 0.380 e. The van der Waals surface area contributed by atoms with Crippen LogP contribution in [0.1, 0.15) is 22.3 Å². The third-order valence-corrected chi connectivity index (χ3v) is 4.43. The molecule has 0 saturated carbocycles. The van der Waals surface area contributed by atoms with Crippen molar-refractivity contribution in [1.29, 1.82) is 0 Å². The predicted octanol–water partition coefficient (Wildman–Crippen LogP) is 3.02. The average Bonchev–Trinajstić information content (AvgIpc) is 2.37. The van der Waals surface area contributed by atoms with Crippen LogP contribution < -0.4 is 5.32 Å². The van der Waals surface area contributed by atoms with E-state index in [1.54, 1.807) is 12.3 Å². The molecule has 0 saturated heterocycles. The van der Waals surface area contributed by atoms with Crippen molar-refractivity contribution in [2.24, 2.45) is 0 Å². The molecule has 5 heteroatoms. The number of pyridine rings is 1. The van der Waals surface area contributed by atoms with Crippen LogP contribution in [0.2, 0.25) is 0 Å². The van der Waals surface area contributed by atoms with Gasteiger partial charge in [-0.05, 0) is 49.6 Å². The second-order valence-corrected chi connectivity index (χ2v) is 7.35. The minimum atomic E-state index is -3.24. The van der Waals surface area contributed by atoms with Gasteiger partial charge < -0.3 is 5.32 Å². The quantitative estimate of drug-likeness (QED) is 0.943. The Morgan fingerprint density at radius 2 is 1.71 bits per heavy atom. The average molecular weight is 304 g/mol. The van der Waals surface area contributed by atoms with Crippen molar-refractivity contribution in [2.45, 2.75) is 32.3 Å². The van der Waals surface area contributed by atoms with Crippen molar-refractivity contribution in [3.05, 3.63) is 52.7 Å². The fourth-order valence-corrected chi connectivity index (χ4v) is 2.94. The fraction of sp³-hybridized carbons (Fsp3) is 0.312. The van der Waals surface area contributed by atoms with Crippen LogP contribution in [0.25, 0.3) is 0 Å². The Balaban J connectivity index is 2.14. The maximum atomic E-state index is 11.4. The standard InChI is InChI=1S/C16H20N2O2S/c1-11-7-12(2)15(13(3)8-11)10-17-14-5-6-16(18-9-14)21(4,19)20/h5-9,17H,10H2,1-4H3. The smallest absolute Gasteiger partial charge is 0.192 e. The molecule has 0 aliphatic carbocycles. The summed E-state index contributed by atoms with van der Waals surface area (Å²) < 4.78 is 22.7. The number of hydrogen-bond donors (Lipinski definition) is 1. The lowest BCUT2D eigenvalue weighted by molar-refractivity contribution is 0.598. The normalized spacial score (nSPS) is 11.4. The highest BCUT2D eigenvalue weighted by molar-refractivity contribution is 7.90. The third kappa shape index (κ3) is 3.82. The number of aryl methyl sites for hydroxylation is 3. The molecule has 21 heavy (non-hydrogen) atoms. The van der Waals surface area contributed by atoms with E-state index in [9.17, 15) is 8.42 Å². The van der Waals surface area contributed by atoms with Crippen LogP contribution in [-0.2, 0) is 16.4 Å². The van der Waals surface area contributed by atoms with Crippen molar-refractivity contribution >= 4 is 15.5 Å². The first kappa shape index (κ1) is 15.5. The summed E-state index contributed by atoms with van der Waals surface area (Å²) in [6.07, 6.45) is 2.71. The molecule has 0 unspecified atom stereocenters. The van der Waals surface area contributed by atoms with Crippen molar-refractivity contribution in [2.75, 3.05) is 11.6 Å². The first-order valence-electron chi connectivity index (χ1n) is 6.74. The SMILES string of the molecule is Cc1cc(C)c(CNc2ccc(S(C)(=O)=O)nc2)c(C)c1. The Bertz CT molecular complexity index is 727. The van der Waals surface area contributed by atoms with E-state index in [0.29, 0.717) is 6.54 Å². The Morgan fingerprint density at radius 1 is 1.10 bits per heavy atom.